The number of pyridine rings is 1. The molecule has 0 aromatic carbocycles. The van der Waals surface area contributed by atoms with Gasteiger partial charge in [-0.15, -0.1) is 0 Å². The number of aromatic nitrogens is 1. The van der Waals surface area contributed by atoms with E-state index in [0.717, 1.165) is 17.3 Å². The van der Waals surface area contributed by atoms with Gasteiger partial charge in [0, 0.05) is 10.7 Å². The van der Waals surface area contributed by atoms with Crippen LogP contribution in [0.25, 0.3) is 0 Å². The molecule has 2 rings (SSSR count). The van der Waals surface area contributed by atoms with Crippen molar-refractivity contribution < 1.29 is 4.74 Å². The Morgan fingerprint density at radius 2 is 2.31 bits per heavy atom. The Morgan fingerprint density at radius 1 is 1.54 bits per heavy atom. The van der Waals surface area contributed by atoms with Crippen molar-refractivity contribution in [1.82, 2.24) is 4.98 Å². The lowest BCUT2D eigenvalue weighted by atomic mass is 9.96. The number of nitrogens with two attached hydrogens (primary N) is 1. The molecular weight excluding hydrogens is 232 g/mol. The summed E-state index contributed by atoms with van der Waals surface area (Å²) in [6.07, 6.45) is 5.52. The third kappa shape index (κ3) is 1.94. The first-order chi connectivity index (χ1) is 6.25. The summed E-state index contributed by atoms with van der Waals surface area (Å²) in [7, 11) is 0. The van der Waals surface area contributed by atoms with Crippen LogP contribution in [0.15, 0.2) is 16.7 Å². The Morgan fingerprint density at radius 3 is 2.85 bits per heavy atom. The van der Waals surface area contributed by atoms with Gasteiger partial charge < -0.3 is 10.5 Å². The zero-order valence-electron chi connectivity index (χ0n) is 7.16. The second-order valence-electron chi connectivity index (χ2n) is 3.22. The van der Waals surface area contributed by atoms with Crippen molar-refractivity contribution in [1.29, 1.82) is 0 Å². The van der Waals surface area contributed by atoms with Gasteiger partial charge in [-0.05, 0) is 41.3 Å². The van der Waals surface area contributed by atoms with Crippen molar-refractivity contribution >= 4 is 21.6 Å². The molecule has 0 atom stereocenters. The predicted molar refractivity (Wildman–Crippen MR) is 54.6 cm³/mol. The highest BCUT2D eigenvalue weighted by Crippen LogP contribution is 2.28. The largest absolute Gasteiger partial charge is 0.473 e. The summed E-state index contributed by atoms with van der Waals surface area (Å²) in [4.78, 5) is 4.11. The summed E-state index contributed by atoms with van der Waals surface area (Å²) in [5, 5.41) is 0. The quantitative estimate of drug-likeness (QED) is 0.867. The van der Waals surface area contributed by atoms with Crippen LogP contribution in [-0.2, 0) is 0 Å². The van der Waals surface area contributed by atoms with Crippen LogP contribution in [0.2, 0.25) is 0 Å². The molecule has 2 N–H and O–H groups in total. The molecule has 1 aromatic heterocycles. The van der Waals surface area contributed by atoms with Crippen molar-refractivity contribution in [3.63, 3.8) is 0 Å². The van der Waals surface area contributed by atoms with Gasteiger partial charge in [0.2, 0.25) is 5.88 Å². The third-order valence-corrected chi connectivity index (χ3v) is 2.61. The molecule has 0 aliphatic heterocycles. The Kier molecular flexibility index (Phi) is 2.40. The molecule has 0 amide bonds. The van der Waals surface area contributed by atoms with E-state index >= 15 is 0 Å². The lowest BCUT2D eigenvalue weighted by Crippen LogP contribution is -2.25. The highest BCUT2D eigenvalue weighted by Gasteiger charge is 2.20. The normalized spacial score (nSPS) is 16.7. The average Bonchev–Trinajstić information content (AvgIpc) is 1.99. The Hall–Kier alpha value is -0.770. The van der Waals surface area contributed by atoms with E-state index in [2.05, 4.69) is 20.9 Å². The van der Waals surface area contributed by atoms with E-state index in [0.29, 0.717) is 17.7 Å². The van der Waals surface area contributed by atoms with Crippen molar-refractivity contribution in [2.75, 3.05) is 5.73 Å². The fourth-order valence-corrected chi connectivity index (χ4v) is 1.54. The molecule has 1 fully saturated rings. The van der Waals surface area contributed by atoms with Crippen LogP contribution in [0.5, 0.6) is 5.88 Å². The second-order valence-corrected chi connectivity index (χ2v) is 4.13. The van der Waals surface area contributed by atoms with E-state index in [1.54, 1.807) is 12.3 Å². The molecule has 4 heteroatoms. The molecule has 1 heterocycles. The van der Waals surface area contributed by atoms with Gasteiger partial charge >= 0.3 is 0 Å². The van der Waals surface area contributed by atoms with Gasteiger partial charge in [-0.1, -0.05) is 0 Å². The van der Waals surface area contributed by atoms with E-state index < -0.39 is 0 Å². The van der Waals surface area contributed by atoms with Crippen LogP contribution in [0.1, 0.15) is 19.3 Å². The summed E-state index contributed by atoms with van der Waals surface area (Å²) in [5.74, 6) is 0.563. The molecule has 0 unspecified atom stereocenters. The van der Waals surface area contributed by atoms with Crippen LogP contribution >= 0.6 is 15.9 Å². The van der Waals surface area contributed by atoms with Crippen LogP contribution in [-0.4, -0.2) is 11.1 Å². The topological polar surface area (TPSA) is 48.1 Å². The van der Waals surface area contributed by atoms with Gasteiger partial charge in [0.05, 0.1) is 5.69 Å². The zero-order chi connectivity index (χ0) is 9.26. The maximum atomic E-state index is 5.73. The number of anilines is 1. The lowest BCUT2D eigenvalue weighted by molar-refractivity contribution is 0.115. The molecule has 0 bridgehead atoms. The molecule has 1 aliphatic carbocycles. The number of hydrogen-bond acceptors (Lipinski definition) is 3. The molecule has 70 valence electrons. The van der Waals surface area contributed by atoms with E-state index in [1.807, 2.05) is 0 Å². The number of rotatable bonds is 2. The maximum absolute atomic E-state index is 5.73. The Bertz CT molecular complexity index is 312. The van der Waals surface area contributed by atoms with E-state index in [4.69, 9.17) is 10.5 Å². The molecule has 0 spiro atoms. The smallest absolute Gasteiger partial charge is 0.237 e. The SMILES string of the molecule is Nc1cc(Br)cnc1OC1CCC1. The fourth-order valence-electron chi connectivity index (χ4n) is 1.19. The Labute approximate surface area is 85.4 Å². The maximum Gasteiger partial charge on any atom is 0.237 e. The third-order valence-electron chi connectivity index (χ3n) is 2.18. The number of halogens is 1. The van der Waals surface area contributed by atoms with Gasteiger partial charge in [0.15, 0.2) is 0 Å². The second kappa shape index (κ2) is 3.54. The number of ether oxygens (including phenoxy) is 1. The van der Waals surface area contributed by atoms with Gasteiger partial charge in [-0.2, -0.15) is 0 Å². The summed E-state index contributed by atoms with van der Waals surface area (Å²) in [5.41, 5.74) is 6.33. The van der Waals surface area contributed by atoms with Gasteiger partial charge in [-0.25, -0.2) is 4.98 Å². The minimum absolute atomic E-state index is 0.330. The number of hydrogen-bond donors (Lipinski definition) is 1. The number of nitrogen functional groups attached to an aromatic ring is 1. The molecule has 0 radical (unpaired) electrons. The summed E-state index contributed by atoms with van der Waals surface area (Å²) in [6.45, 7) is 0. The van der Waals surface area contributed by atoms with Crippen LogP contribution in [0.4, 0.5) is 5.69 Å². The fraction of sp³-hybridized carbons (Fsp3) is 0.444. The highest BCUT2D eigenvalue weighted by molar-refractivity contribution is 9.10. The van der Waals surface area contributed by atoms with Crippen LogP contribution in [0.3, 0.4) is 0 Å². The van der Waals surface area contributed by atoms with E-state index in [9.17, 15) is 0 Å². The number of nitrogens with zero attached hydrogens (tertiary/aromatic N) is 1. The monoisotopic (exact) mass is 242 g/mol. The minimum atomic E-state index is 0.330. The van der Waals surface area contributed by atoms with Crippen molar-refractivity contribution in [2.45, 2.75) is 25.4 Å². The van der Waals surface area contributed by atoms with Crippen molar-refractivity contribution in [2.24, 2.45) is 0 Å². The van der Waals surface area contributed by atoms with Gasteiger partial charge in [-0.3, -0.25) is 0 Å². The Balaban J connectivity index is 2.10. The standard InChI is InChI=1S/C9H11BrN2O/c10-6-4-8(11)9(12-5-6)13-7-2-1-3-7/h4-5,7H,1-3,11H2. The van der Waals surface area contributed by atoms with Crippen LogP contribution in [0, 0.1) is 0 Å². The van der Waals surface area contributed by atoms with Gasteiger partial charge in [0.1, 0.15) is 6.10 Å². The first-order valence-corrected chi connectivity index (χ1v) is 5.12. The lowest BCUT2D eigenvalue weighted by Gasteiger charge is -2.26. The molecular formula is C9H11BrN2O. The zero-order valence-corrected chi connectivity index (χ0v) is 8.75. The predicted octanol–water partition coefficient (Wildman–Crippen LogP) is 2.36. The molecule has 3 nitrogen and oxygen atoms in total. The van der Waals surface area contributed by atoms with Crippen LogP contribution < -0.4 is 10.5 Å². The first kappa shape index (κ1) is 8.81. The molecule has 1 aliphatic rings. The summed E-state index contributed by atoms with van der Waals surface area (Å²) >= 11 is 3.30. The van der Waals surface area contributed by atoms with Gasteiger partial charge in [0.25, 0.3) is 0 Å². The molecule has 13 heavy (non-hydrogen) atoms. The minimum Gasteiger partial charge on any atom is -0.473 e. The van der Waals surface area contributed by atoms with Crippen molar-refractivity contribution in [3.8, 4) is 5.88 Å². The highest BCUT2D eigenvalue weighted by atomic mass is 79.9. The van der Waals surface area contributed by atoms with E-state index in [-0.39, 0.29) is 0 Å². The molecule has 0 saturated heterocycles. The van der Waals surface area contributed by atoms with Crippen molar-refractivity contribution in [3.05, 3.63) is 16.7 Å². The molecule has 1 aromatic rings. The average molecular weight is 243 g/mol. The van der Waals surface area contributed by atoms with E-state index in [1.165, 1.54) is 6.42 Å². The summed E-state index contributed by atoms with van der Waals surface area (Å²) in [6, 6.07) is 1.81. The first-order valence-electron chi connectivity index (χ1n) is 4.33. The molecule has 1 saturated carbocycles. The summed E-state index contributed by atoms with van der Waals surface area (Å²) < 4.78 is 6.46.